The number of carboxylic acids is 1. The van der Waals surface area contributed by atoms with Gasteiger partial charge in [-0.2, -0.15) is 0 Å². The minimum Gasteiger partial charge on any atom is -0.481 e. The van der Waals surface area contributed by atoms with Crippen molar-refractivity contribution in [3.05, 3.63) is 33.8 Å². The van der Waals surface area contributed by atoms with Gasteiger partial charge in [-0.05, 0) is 49.8 Å². The normalized spacial score (nSPS) is 18.0. The Kier molecular flexibility index (Phi) is 6.72. The van der Waals surface area contributed by atoms with E-state index in [1.807, 2.05) is 11.0 Å². The van der Waals surface area contributed by atoms with Crippen LogP contribution in [-0.4, -0.2) is 34.5 Å². The number of hydrogen-bond donors (Lipinski definition) is 1. The number of aliphatic carboxylic acids is 1. The molecule has 0 spiro atoms. The van der Waals surface area contributed by atoms with E-state index in [1.165, 1.54) is 0 Å². The Balaban J connectivity index is 1.91. The predicted molar refractivity (Wildman–Crippen MR) is 91.0 cm³/mol. The molecule has 1 aliphatic rings. The summed E-state index contributed by atoms with van der Waals surface area (Å²) in [5, 5.41) is 9.84. The van der Waals surface area contributed by atoms with Crippen molar-refractivity contribution in [1.82, 2.24) is 4.90 Å². The summed E-state index contributed by atoms with van der Waals surface area (Å²) in [6, 6.07) is 5.45. The second-order valence-corrected chi connectivity index (χ2v) is 6.73. The van der Waals surface area contributed by atoms with Gasteiger partial charge in [0.2, 0.25) is 5.91 Å². The number of rotatable bonds is 6. The monoisotopic (exact) mass is 357 g/mol. The second-order valence-electron chi connectivity index (χ2n) is 5.92. The van der Waals surface area contributed by atoms with Crippen LogP contribution in [0.15, 0.2) is 18.2 Å². The van der Waals surface area contributed by atoms with Crippen molar-refractivity contribution in [2.45, 2.75) is 51.0 Å². The summed E-state index contributed by atoms with van der Waals surface area (Å²) in [5.74, 6) is -0.718. The molecule has 1 atom stereocenters. The van der Waals surface area contributed by atoms with Crippen molar-refractivity contribution < 1.29 is 14.7 Å². The van der Waals surface area contributed by atoms with Gasteiger partial charge >= 0.3 is 5.97 Å². The van der Waals surface area contributed by atoms with Crippen molar-refractivity contribution in [2.75, 3.05) is 6.54 Å². The molecule has 1 aromatic rings. The minimum absolute atomic E-state index is 0.0566. The zero-order chi connectivity index (χ0) is 16.8. The van der Waals surface area contributed by atoms with E-state index in [9.17, 15) is 9.59 Å². The third-order valence-electron chi connectivity index (χ3n) is 4.25. The van der Waals surface area contributed by atoms with Crippen LogP contribution in [0.25, 0.3) is 0 Å². The van der Waals surface area contributed by atoms with E-state index in [1.54, 1.807) is 12.1 Å². The first-order valence-corrected chi connectivity index (χ1v) is 8.68. The fraction of sp³-hybridized carbons (Fsp3) is 0.529. The van der Waals surface area contributed by atoms with E-state index in [0.29, 0.717) is 29.3 Å². The van der Waals surface area contributed by atoms with E-state index in [-0.39, 0.29) is 18.4 Å². The van der Waals surface area contributed by atoms with Crippen LogP contribution in [0.4, 0.5) is 0 Å². The van der Waals surface area contributed by atoms with Crippen molar-refractivity contribution in [3.63, 3.8) is 0 Å². The van der Waals surface area contributed by atoms with Crippen LogP contribution < -0.4 is 0 Å². The Hall–Kier alpha value is -1.26. The molecule has 0 saturated carbocycles. The molecular weight excluding hydrogens is 337 g/mol. The highest BCUT2D eigenvalue weighted by molar-refractivity contribution is 6.42. The number of aryl methyl sites for hydroxylation is 1. The summed E-state index contributed by atoms with van der Waals surface area (Å²) in [5.41, 5.74) is 0.979. The fourth-order valence-corrected chi connectivity index (χ4v) is 3.33. The van der Waals surface area contributed by atoms with E-state index < -0.39 is 5.97 Å². The van der Waals surface area contributed by atoms with Crippen molar-refractivity contribution in [3.8, 4) is 0 Å². The van der Waals surface area contributed by atoms with Gasteiger partial charge in [-0.25, -0.2) is 0 Å². The van der Waals surface area contributed by atoms with Gasteiger partial charge in [0.15, 0.2) is 0 Å². The van der Waals surface area contributed by atoms with Crippen molar-refractivity contribution in [1.29, 1.82) is 0 Å². The first kappa shape index (κ1) is 18.1. The second kappa shape index (κ2) is 8.55. The van der Waals surface area contributed by atoms with Gasteiger partial charge in [-0.3, -0.25) is 9.59 Å². The molecule has 1 aliphatic heterocycles. The number of piperidine rings is 1. The highest BCUT2D eigenvalue weighted by Gasteiger charge is 2.26. The standard InChI is InChI=1S/C17H21Cl2NO3/c18-14-7-4-12(11-15(14)19)5-8-16(21)20-10-2-1-3-13(20)6-9-17(22)23/h4,7,11,13H,1-3,5-6,8-10H2,(H,22,23). The average molecular weight is 358 g/mol. The van der Waals surface area contributed by atoms with E-state index in [0.717, 1.165) is 31.4 Å². The molecule has 1 unspecified atom stereocenters. The summed E-state index contributed by atoms with van der Waals surface area (Å²) < 4.78 is 0. The number of hydrogen-bond acceptors (Lipinski definition) is 2. The van der Waals surface area contributed by atoms with Gasteiger partial charge < -0.3 is 10.0 Å². The molecule has 0 aliphatic carbocycles. The van der Waals surface area contributed by atoms with Crippen molar-refractivity contribution in [2.24, 2.45) is 0 Å². The lowest BCUT2D eigenvalue weighted by Crippen LogP contribution is -2.44. The topological polar surface area (TPSA) is 57.6 Å². The maximum Gasteiger partial charge on any atom is 0.303 e. The Labute approximate surface area is 146 Å². The van der Waals surface area contributed by atoms with Crippen molar-refractivity contribution >= 4 is 35.1 Å². The summed E-state index contributed by atoms with van der Waals surface area (Å²) in [6.45, 7) is 0.727. The van der Waals surface area contributed by atoms with Gasteiger partial charge in [-0.15, -0.1) is 0 Å². The lowest BCUT2D eigenvalue weighted by atomic mass is 9.97. The summed E-state index contributed by atoms with van der Waals surface area (Å²) in [6.07, 6.45) is 4.60. The van der Waals surface area contributed by atoms with E-state index in [2.05, 4.69) is 0 Å². The number of nitrogens with zero attached hydrogens (tertiary/aromatic N) is 1. The van der Waals surface area contributed by atoms with E-state index >= 15 is 0 Å². The fourth-order valence-electron chi connectivity index (χ4n) is 3.01. The summed E-state index contributed by atoms with van der Waals surface area (Å²) in [4.78, 5) is 25.1. The van der Waals surface area contributed by atoms with Gasteiger partial charge in [0.1, 0.15) is 0 Å². The Morgan fingerprint density at radius 2 is 1.96 bits per heavy atom. The van der Waals surface area contributed by atoms with Gasteiger partial charge in [0.05, 0.1) is 10.0 Å². The van der Waals surface area contributed by atoms with Crippen LogP contribution in [0, 0.1) is 0 Å². The number of carbonyl (C=O) groups is 2. The van der Waals surface area contributed by atoms with Gasteiger partial charge in [-0.1, -0.05) is 29.3 Å². The largest absolute Gasteiger partial charge is 0.481 e. The third-order valence-corrected chi connectivity index (χ3v) is 4.99. The highest BCUT2D eigenvalue weighted by Crippen LogP contribution is 2.25. The molecule has 2 rings (SSSR count). The van der Waals surface area contributed by atoms with E-state index in [4.69, 9.17) is 28.3 Å². The van der Waals surface area contributed by atoms with Gasteiger partial charge in [0.25, 0.3) is 0 Å². The Morgan fingerprint density at radius 1 is 1.17 bits per heavy atom. The zero-order valence-electron chi connectivity index (χ0n) is 12.9. The lowest BCUT2D eigenvalue weighted by Gasteiger charge is -2.35. The number of carbonyl (C=O) groups excluding carboxylic acids is 1. The first-order chi connectivity index (χ1) is 11.0. The number of likely N-dealkylation sites (tertiary alicyclic amines) is 1. The molecule has 1 aromatic carbocycles. The molecule has 1 N–H and O–H groups in total. The first-order valence-electron chi connectivity index (χ1n) is 7.92. The number of halogens is 2. The van der Waals surface area contributed by atoms with Crippen LogP contribution in [0.1, 0.15) is 44.1 Å². The molecule has 1 fully saturated rings. The molecule has 0 radical (unpaired) electrons. The van der Waals surface area contributed by atoms with Crippen LogP contribution in [0.2, 0.25) is 10.0 Å². The molecule has 0 bridgehead atoms. The highest BCUT2D eigenvalue weighted by atomic mass is 35.5. The molecule has 6 heteroatoms. The smallest absolute Gasteiger partial charge is 0.303 e. The number of amides is 1. The number of benzene rings is 1. The predicted octanol–water partition coefficient (Wildman–Crippen LogP) is 4.17. The van der Waals surface area contributed by atoms with Crippen LogP contribution in [0.5, 0.6) is 0 Å². The number of carboxylic acid groups (broad SMARTS) is 1. The quantitative estimate of drug-likeness (QED) is 0.830. The summed E-state index contributed by atoms with van der Waals surface area (Å²) >= 11 is 11.9. The zero-order valence-corrected chi connectivity index (χ0v) is 14.4. The molecule has 23 heavy (non-hydrogen) atoms. The Morgan fingerprint density at radius 3 is 2.65 bits per heavy atom. The SMILES string of the molecule is O=C(O)CCC1CCCCN1C(=O)CCc1ccc(Cl)c(Cl)c1. The Bertz CT molecular complexity index is 577. The molecule has 1 heterocycles. The average Bonchev–Trinajstić information content (AvgIpc) is 2.54. The molecule has 126 valence electrons. The minimum atomic E-state index is -0.807. The van der Waals surface area contributed by atoms with Crippen LogP contribution in [0.3, 0.4) is 0 Å². The maximum atomic E-state index is 12.5. The molecule has 1 amide bonds. The lowest BCUT2D eigenvalue weighted by molar-refractivity contribution is -0.140. The third kappa shape index (κ3) is 5.40. The molecule has 4 nitrogen and oxygen atoms in total. The van der Waals surface area contributed by atoms with Crippen LogP contribution in [-0.2, 0) is 16.0 Å². The molecule has 1 saturated heterocycles. The summed E-state index contributed by atoms with van der Waals surface area (Å²) in [7, 11) is 0. The van der Waals surface area contributed by atoms with Crippen LogP contribution >= 0.6 is 23.2 Å². The molecular formula is C17H21Cl2NO3. The maximum absolute atomic E-state index is 12.5. The molecule has 0 aromatic heterocycles. The van der Waals surface area contributed by atoms with Gasteiger partial charge in [0, 0.05) is 25.4 Å².